The fraction of sp³-hybridized carbons (Fsp3) is 0.333. The van der Waals surface area contributed by atoms with Crippen LogP contribution >= 0.6 is 0 Å². The largest absolute Gasteiger partial charge is 0.332 e. The number of aromatic amines is 1. The maximum absolute atomic E-state index is 12.5. The van der Waals surface area contributed by atoms with Crippen LogP contribution in [0.3, 0.4) is 0 Å². The van der Waals surface area contributed by atoms with Gasteiger partial charge in [-0.3, -0.25) is 9.89 Å². The van der Waals surface area contributed by atoms with Gasteiger partial charge in [-0.1, -0.05) is 30.3 Å². The van der Waals surface area contributed by atoms with E-state index in [9.17, 15) is 4.79 Å². The summed E-state index contributed by atoms with van der Waals surface area (Å²) in [5.41, 5.74) is 2.37. The van der Waals surface area contributed by atoms with Gasteiger partial charge < -0.3 is 10.2 Å². The summed E-state index contributed by atoms with van der Waals surface area (Å²) < 4.78 is 0. The van der Waals surface area contributed by atoms with Crippen LogP contribution < -0.4 is 5.32 Å². The number of aromatic nitrogens is 2. The van der Waals surface area contributed by atoms with Crippen LogP contribution in [0.4, 0.5) is 0 Å². The minimum atomic E-state index is 0.0219. The number of benzene rings is 1. The highest BCUT2D eigenvalue weighted by molar-refractivity contribution is 5.93. The first-order valence-corrected chi connectivity index (χ1v) is 6.88. The predicted octanol–water partition coefficient (Wildman–Crippen LogP) is 1.51. The number of H-pyrrole nitrogens is 1. The fourth-order valence-electron chi connectivity index (χ4n) is 2.49. The van der Waals surface area contributed by atoms with Gasteiger partial charge in [0.05, 0.1) is 5.69 Å². The Hall–Kier alpha value is -2.14. The third kappa shape index (κ3) is 2.44. The van der Waals surface area contributed by atoms with Gasteiger partial charge in [-0.2, -0.15) is 5.10 Å². The zero-order valence-corrected chi connectivity index (χ0v) is 11.5. The van der Waals surface area contributed by atoms with Gasteiger partial charge in [-0.25, -0.2) is 0 Å². The molecule has 0 radical (unpaired) electrons. The molecular formula is C15H18N4O. The SMILES string of the molecule is CC1CNCCN1C(=O)c1cc(-c2ccccc2)n[nH]1. The highest BCUT2D eigenvalue weighted by Crippen LogP contribution is 2.18. The summed E-state index contributed by atoms with van der Waals surface area (Å²) in [6, 6.07) is 11.9. The van der Waals surface area contributed by atoms with Crippen molar-refractivity contribution in [1.82, 2.24) is 20.4 Å². The molecule has 1 saturated heterocycles. The number of amides is 1. The van der Waals surface area contributed by atoms with Gasteiger partial charge in [-0.15, -0.1) is 0 Å². The van der Waals surface area contributed by atoms with E-state index >= 15 is 0 Å². The summed E-state index contributed by atoms with van der Waals surface area (Å²) in [5.74, 6) is 0.0219. The van der Waals surface area contributed by atoms with Crippen LogP contribution in [0.25, 0.3) is 11.3 Å². The Morgan fingerprint density at radius 1 is 1.35 bits per heavy atom. The van der Waals surface area contributed by atoms with E-state index in [2.05, 4.69) is 22.4 Å². The Bertz CT molecular complexity index is 593. The van der Waals surface area contributed by atoms with Crippen molar-refractivity contribution in [2.75, 3.05) is 19.6 Å². The Morgan fingerprint density at radius 3 is 2.90 bits per heavy atom. The van der Waals surface area contributed by atoms with Crippen LogP contribution in [0.1, 0.15) is 17.4 Å². The molecule has 0 bridgehead atoms. The van der Waals surface area contributed by atoms with Crippen molar-refractivity contribution in [3.63, 3.8) is 0 Å². The zero-order valence-electron chi connectivity index (χ0n) is 11.5. The Labute approximate surface area is 118 Å². The van der Waals surface area contributed by atoms with Crippen molar-refractivity contribution in [1.29, 1.82) is 0 Å². The smallest absolute Gasteiger partial charge is 0.272 e. The molecular weight excluding hydrogens is 252 g/mol. The van der Waals surface area contributed by atoms with Crippen LogP contribution in [-0.4, -0.2) is 46.7 Å². The van der Waals surface area contributed by atoms with E-state index in [4.69, 9.17) is 0 Å². The molecule has 1 aliphatic heterocycles. The minimum Gasteiger partial charge on any atom is -0.332 e. The third-order valence-corrected chi connectivity index (χ3v) is 3.64. The molecule has 1 fully saturated rings. The van der Waals surface area contributed by atoms with Gasteiger partial charge in [0.25, 0.3) is 5.91 Å². The number of nitrogens with one attached hydrogen (secondary N) is 2. The first-order valence-electron chi connectivity index (χ1n) is 6.88. The van der Waals surface area contributed by atoms with Crippen molar-refractivity contribution in [3.8, 4) is 11.3 Å². The first kappa shape index (κ1) is 12.9. The molecule has 1 unspecified atom stereocenters. The van der Waals surface area contributed by atoms with Crippen molar-refractivity contribution in [3.05, 3.63) is 42.1 Å². The summed E-state index contributed by atoms with van der Waals surface area (Å²) >= 11 is 0. The van der Waals surface area contributed by atoms with E-state index in [0.29, 0.717) is 5.69 Å². The highest BCUT2D eigenvalue weighted by Gasteiger charge is 2.25. The first-order chi connectivity index (χ1) is 9.75. The number of nitrogens with zero attached hydrogens (tertiary/aromatic N) is 2. The molecule has 2 aromatic rings. The molecule has 0 saturated carbocycles. The van der Waals surface area contributed by atoms with E-state index in [1.54, 1.807) is 0 Å². The van der Waals surface area contributed by atoms with Gasteiger partial charge in [0.1, 0.15) is 5.69 Å². The quantitative estimate of drug-likeness (QED) is 0.869. The Morgan fingerprint density at radius 2 is 2.15 bits per heavy atom. The van der Waals surface area contributed by atoms with Gasteiger partial charge in [-0.05, 0) is 13.0 Å². The lowest BCUT2D eigenvalue weighted by Gasteiger charge is -2.33. The Kier molecular flexibility index (Phi) is 3.52. The van der Waals surface area contributed by atoms with Crippen LogP contribution in [-0.2, 0) is 0 Å². The monoisotopic (exact) mass is 270 g/mol. The second-order valence-electron chi connectivity index (χ2n) is 5.08. The normalized spacial score (nSPS) is 19.1. The van der Waals surface area contributed by atoms with E-state index < -0.39 is 0 Å². The summed E-state index contributed by atoms with van der Waals surface area (Å²) in [5, 5.41) is 10.4. The van der Waals surface area contributed by atoms with Crippen molar-refractivity contribution in [2.45, 2.75) is 13.0 Å². The second-order valence-corrected chi connectivity index (χ2v) is 5.08. The summed E-state index contributed by atoms with van der Waals surface area (Å²) in [4.78, 5) is 14.4. The van der Waals surface area contributed by atoms with Gasteiger partial charge in [0.15, 0.2) is 0 Å². The maximum atomic E-state index is 12.5. The summed E-state index contributed by atoms with van der Waals surface area (Å²) in [7, 11) is 0. The van der Waals surface area contributed by atoms with Crippen molar-refractivity contribution < 1.29 is 4.79 Å². The van der Waals surface area contributed by atoms with Crippen molar-refractivity contribution >= 4 is 5.91 Å². The van der Waals surface area contributed by atoms with Gasteiger partial charge in [0, 0.05) is 31.2 Å². The summed E-state index contributed by atoms with van der Waals surface area (Å²) in [6.45, 7) is 4.47. The molecule has 2 heterocycles. The molecule has 1 atom stereocenters. The molecule has 1 aromatic carbocycles. The third-order valence-electron chi connectivity index (χ3n) is 3.64. The standard InChI is InChI=1S/C15H18N4O/c1-11-10-16-7-8-19(11)15(20)14-9-13(17-18-14)12-5-3-2-4-6-12/h2-6,9,11,16H,7-8,10H2,1H3,(H,17,18). The molecule has 5 heteroatoms. The number of carbonyl (C=O) groups is 1. The lowest BCUT2D eigenvalue weighted by atomic mass is 10.1. The van der Waals surface area contributed by atoms with Crippen LogP contribution in [0, 0.1) is 0 Å². The maximum Gasteiger partial charge on any atom is 0.272 e. The van der Waals surface area contributed by atoms with E-state index in [-0.39, 0.29) is 11.9 Å². The zero-order chi connectivity index (χ0) is 13.9. The molecule has 0 spiro atoms. The molecule has 2 N–H and O–H groups in total. The van der Waals surface area contributed by atoms with Crippen LogP contribution in [0.2, 0.25) is 0 Å². The minimum absolute atomic E-state index is 0.0219. The number of hydrogen-bond acceptors (Lipinski definition) is 3. The second kappa shape index (κ2) is 5.46. The molecule has 104 valence electrons. The summed E-state index contributed by atoms with van der Waals surface area (Å²) in [6.07, 6.45) is 0. The fourth-order valence-corrected chi connectivity index (χ4v) is 2.49. The molecule has 20 heavy (non-hydrogen) atoms. The van der Waals surface area contributed by atoms with Crippen LogP contribution in [0.15, 0.2) is 36.4 Å². The highest BCUT2D eigenvalue weighted by atomic mass is 16.2. The number of piperazine rings is 1. The predicted molar refractivity (Wildman–Crippen MR) is 77.4 cm³/mol. The molecule has 1 aromatic heterocycles. The molecule has 1 aliphatic rings. The van der Waals surface area contributed by atoms with Crippen molar-refractivity contribution in [2.24, 2.45) is 0 Å². The van der Waals surface area contributed by atoms with E-state index in [1.807, 2.05) is 41.3 Å². The lowest BCUT2D eigenvalue weighted by molar-refractivity contribution is 0.0649. The number of hydrogen-bond donors (Lipinski definition) is 2. The average molecular weight is 270 g/mol. The number of rotatable bonds is 2. The molecule has 0 aliphatic carbocycles. The lowest BCUT2D eigenvalue weighted by Crippen LogP contribution is -2.52. The topological polar surface area (TPSA) is 61.0 Å². The molecule has 5 nitrogen and oxygen atoms in total. The van der Waals surface area contributed by atoms with Gasteiger partial charge >= 0.3 is 0 Å². The average Bonchev–Trinajstić information content (AvgIpc) is 2.98. The molecule has 3 rings (SSSR count). The van der Waals surface area contributed by atoms with E-state index in [1.165, 1.54) is 0 Å². The van der Waals surface area contributed by atoms with Crippen LogP contribution in [0.5, 0.6) is 0 Å². The van der Waals surface area contributed by atoms with E-state index in [0.717, 1.165) is 30.9 Å². The molecule has 1 amide bonds. The number of carbonyl (C=O) groups excluding carboxylic acids is 1. The Balaban J connectivity index is 1.81. The van der Waals surface area contributed by atoms with Gasteiger partial charge in [0.2, 0.25) is 0 Å².